The minimum Gasteiger partial charge on any atom is -0.483 e. The summed E-state index contributed by atoms with van der Waals surface area (Å²) in [6.45, 7) is 5.26. The van der Waals surface area contributed by atoms with Crippen LogP contribution in [0.5, 0.6) is 5.75 Å². The van der Waals surface area contributed by atoms with E-state index in [-0.39, 0.29) is 12.5 Å². The Morgan fingerprint density at radius 1 is 0.944 bits per heavy atom. The summed E-state index contributed by atoms with van der Waals surface area (Å²) in [6.07, 6.45) is 1.32. The number of nitrogens with one attached hydrogen (secondary N) is 3. The summed E-state index contributed by atoms with van der Waals surface area (Å²) < 4.78 is 6.39. The van der Waals surface area contributed by atoms with Crippen LogP contribution in [-0.2, 0) is 14.4 Å². The van der Waals surface area contributed by atoms with Gasteiger partial charge in [0.1, 0.15) is 5.75 Å². The number of anilines is 2. The summed E-state index contributed by atoms with van der Waals surface area (Å²) >= 11 is 9.37. The Morgan fingerprint density at radius 3 is 2.39 bits per heavy atom. The van der Waals surface area contributed by atoms with E-state index in [1.54, 1.807) is 36.4 Å². The minimum absolute atomic E-state index is 0.265. The van der Waals surface area contributed by atoms with Crippen molar-refractivity contribution < 1.29 is 19.1 Å². The third-order valence-corrected chi connectivity index (χ3v) is 5.83. The quantitative estimate of drug-likeness (QED) is 0.207. The third-order valence-electron chi connectivity index (χ3n) is 5.10. The van der Waals surface area contributed by atoms with Gasteiger partial charge >= 0.3 is 11.8 Å². The molecule has 0 atom stereocenters. The van der Waals surface area contributed by atoms with Crippen LogP contribution in [0.15, 0.2) is 64.2 Å². The number of para-hydroxylation sites is 1. The fraction of sp³-hybridized carbons (Fsp3) is 0.154. The van der Waals surface area contributed by atoms with E-state index in [9.17, 15) is 14.4 Å². The van der Waals surface area contributed by atoms with Crippen molar-refractivity contribution in [2.75, 3.05) is 17.2 Å². The number of aryl methyl sites for hydroxylation is 3. The van der Waals surface area contributed by atoms with Gasteiger partial charge in [-0.25, -0.2) is 5.43 Å². The van der Waals surface area contributed by atoms with Crippen molar-refractivity contribution in [3.05, 3.63) is 86.3 Å². The van der Waals surface area contributed by atoms with E-state index >= 15 is 0 Å². The topological polar surface area (TPSA) is 109 Å². The molecule has 10 heteroatoms. The molecular formula is C26H24BrClN4O4. The predicted molar refractivity (Wildman–Crippen MR) is 145 cm³/mol. The number of carbonyl (C=O) groups is 3. The molecule has 0 unspecified atom stereocenters. The SMILES string of the molecule is Cc1ccc(Cl)cc1NC(=O)COc1ccc(Br)cc1/C=N\NC(=O)C(=O)Nc1c(C)cccc1C. The zero-order valence-corrected chi connectivity index (χ0v) is 22.2. The van der Waals surface area contributed by atoms with Gasteiger partial charge in [-0.3, -0.25) is 14.4 Å². The van der Waals surface area contributed by atoms with Crippen LogP contribution < -0.4 is 20.8 Å². The van der Waals surface area contributed by atoms with E-state index in [1.807, 2.05) is 39.0 Å². The lowest BCUT2D eigenvalue weighted by atomic mass is 10.1. The number of carbonyl (C=O) groups excluding carboxylic acids is 3. The maximum Gasteiger partial charge on any atom is 0.329 e. The van der Waals surface area contributed by atoms with E-state index in [4.69, 9.17) is 16.3 Å². The largest absolute Gasteiger partial charge is 0.483 e. The standard InChI is InChI=1S/C26H24BrClN4O4/c1-15-7-9-20(28)12-21(15)30-23(33)14-36-22-10-8-19(27)11-18(22)13-29-32-26(35)25(34)31-24-16(2)5-4-6-17(24)3/h4-13H,14H2,1-3H3,(H,30,33)(H,31,34)(H,32,35)/b29-13-. The van der Waals surface area contributed by atoms with Crippen LogP contribution in [0.3, 0.4) is 0 Å². The Balaban J connectivity index is 1.61. The molecule has 3 amide bonds. The average Bonchev–Trinajstić information content (AvgIpc) is 2.83. The van der Waals surface area contributed by atoms with Gasteiger partial charge in [-0.1, -0.05) is 51.8 Å². The summed E-state index contributed by atoms with van der Waals surface area (Å²) in [5.41, 5.74) is 6.39. The van der Waals surface area contributed by atoms with Crippen molar-refractivity contribution >= 4 is 62.8 Å². The van der Waals surface area contributed by atoms with E-state index in [0.29, 0.717) is 27.7 Å². The molecule has 0 bridgehead atoms. The number of ether oxygens (including phenoxy) is 1. The molecule has 0 radical (unpaired) electrons. The molecule has 0 aliphatic carbocycles. The highest BCUT2D eigenvalue weighted by Gasteiger charge is 2.15. The zero-order valence-electron chi connectivity index (χ0n) is 19.8. The molecule has 0 heterocycles. The number of amides is 3. The van der Waals surface area contributed by atoms with Gasteiger partial charge in [0.25, 0.3) is 5.91 Å². The maximum absolute atomic E-state index is 12.4. The first kappa shape index (κ1) is 26.9. The van der Waals surface area contributed by atoms with Gasteiger partial charge in [-0.2, -0.15) is 5.10 Å². The first-order valence-corrected chi connectivity index (χ1v) is 12.0. The zero-order chi connectivity index (χ0) is 26.2. The van der Waals surface area contributed by atoms with Crippen molar-refractivity contribution in [2.24, 2.45) is 5.10 Å². The summed E-state index contributed by atoms with van der Waals surface area (Å²) in [7, 11) is 0. The highest BCUT2D eigenvalue weighted by molar-refractivity contribution is 9.10. The van der Waals surface area contributed by atoms with Gasteiger partial charge < -0.3 is 15.4 Å². The van der Waals surface area contributed by atoms with Crippen LogP contribution in [0, 0.1) is 20.8 Å². The highest BCUT2D eigenvalue weighted by Crippen LogP contribution is 2.23. The molecule has 0 spiro atoms. The fourth-order valence-electron chi connectivity index (χ4n) is 3.20. The summed E-state index contributed by atoms with van der Waals surface area (Å²) in [6, 6.07) is 15.8. The van der Waals surface area contributed by atoms with Crippen molar-refractivity contribution in [1.82, 2.24) is 5.43 Å². The molecule has 0 aliphatic rings. The Labute approximate surface area is 222 Å². The lowest BCUT2D eigenvalue weighted by Gasteiger charge is -2.12. The van der Waals surface area contributed by atoms with Crippen molar-refractivity contribution in [2.45, 2.75) is 20.8 Å². The molecular weight excluding hydrogens is 548 g/mol. The number of hydrazone groups is 1. The lowest BCUT2D eigenvalue weighted by molar-refractivity contribution is -0.136. The second-order valence-corrected chi connectivity index (χ2v) is 9.25. The molecule has 186 valence electrons. The van der Waals surface area contributed by atoms with Crippen LogP contribution in [0.25, 0.3) is 0 Å². The Morgan fingerprint density at radius 2 is 1.67 bits per heavy atom. The first-order chi connectivity index (χ1) is 17.1. The van der Waals surface area contributed by atoms with Gasteiger partial charge in [0, 0.05) is 26.4 Å². The fourth-order valence-corrected chi connectivity index (χ4v) is 3.75. The van der Waals surface area contributed by atoms with E-state index in [2.05, 4.69) is 37.1 Å². The number of benzene rings is 3. The van der Waals surface area contributed by atoms with E-state index < -0.39 is 11.8 Å². The molecule has 0 aromatic heterocycles. The maximum atomic E-state index is 12.4. The highest BCUT2D eigenvalue weighted by atomic mass is 79.9. The van der Waals surface area contributed by atoms with Crippen LogP contribution in [0.2, 0.25) is 5.02 Å². The van der Waals surface area contributed by atoms with Crippen LogP contribution in [-0.4, -0.2) is 30.5 Å². The van der Waals surface area contributed by atoms with Crippen molar-refractivity contribution in [3.63, 3.8) is 0 Å². The molecule has 0 saturated carbocycles. The Bertz CT molecular complexity index is 1320. The van der Waals surface area contributed by atoms with Crippen LogP contribution >= 0.6 is 27.5 Å². The number of halogens is 2. The average molecular weight is 572 g/mol. The predicted octanol–water partition coefficient (Wildman–Crippen LogP) is 5.13. The van der Waals surface area contributed by atoms with E-state index in [1.165, 1.54) is 6.21 Å². The lowest BCUT2D eigenvalue weighted by Crippen LogP contribution is -2.32. The molecule has 3 aromatic carbocycles. The molecule has 0 aliphatic heterocycles. The van der Waals surface area contributed by atoms with Gasteiger partial charge in [0.05, 0.1) is 6.21 Å². The Hall–Kier alpha value is -3.69. The second-order valence-electron chi connectivity index (χ2n) is 7.90. The normalized spacial score (nSPS) is 10.7. The number of hydrogen-bond acceptors (Lipinski definition) is 5. The molecule has 3 aromatic rings. The second kappa shape index (κ2) is 12.3. The number of hydrogen-bond donors (Lipinski definition) is 3. The molecule has 3 N–H and O–H groups in total. The van der Waals surface area contributed by atoms with Crippen LogP contribution in [0.4, 0.5) is 11.4 Å². The smallest absolute Gasteiger partial charge is 0.329 e. The molecule has 3 rings (SSSR count). The minimum atomic E-state index is -0.928. The van der Waals surface area contributed by atoms with Crippen molar-refractivity contribution in [1.29, 1.82) is 0 Å². The summed E-state index contributed by atoms with van der Waals surface area (Å²) in [5.74, 6) is -1.79. The summed E-state index contributed by atoms with van der Waals surface area (Å²) in [5, 5.41) is 9.73. The van der Waals surface area contributed by atoms with Gasteiger partial charge in [0.15, 0.2) is 6.61 Å². The Kier molecular flexibility index (Phi) is 9.21. The number of rotatable bonds is 7. The van der Waals surface area contributed by atoms with Crippen molar-refractivity contribution in [3.8, 4) is 5.75 Å². The number of nitrogens with zero attached hydrogens (tertiary/aromatic N) is 1. The molecule has 36 heavy (non-hydrogen) atoms. The van der Waals surface area contributed by atoms with Gasteiger partial charge in [0.2, 0.25) is 0 Å². The van der Waals surface area contributed by atoms with Crippen LogP contribution in [0.1, 0.15) is 22.3 Å². The van der Waals surface area contributed by atoms with Gasteiger partial charge in [-0.05, 0) is 67.8 Å². The van der Waals surface area contributed by atoms with Gasteiger partial charge in [-0.15, -0.1) is 0 Å². The molecule has 0 fully saturated rings. The first-order valence-electron chi connectivity index (χ1n) is 10.8. The third kappa shape index (κ3) is 7.40. The molecule has 8 nitrogen and oxygen atoms in total. The summed E-state index contributed by atoms with van der Waals surface area (Å²) in [4.78, 5) is 36.9. The van der Waals surface area contributed by atoms with E-state index in [0.717, 1.165) is 21.2 Å². The molecule has 0 saturated heterocycles. The monoisotopic (exact) mass is 570 g/mol.